The molecule has 0 spiro atoms. The molecule has 2 heterocycles. The predicted octanol–water partition coefficient (Wildman–Crippen LogP) is 3.76. The summed E-state index contributed by atoms with van der Waals surface area (Å²) in [5.41, 5.74) is 0.293. The Hall–Kier alpha value is -3.38. The summed E-state index contributed by atoms with van der Waals surface area (Å²) in [6, 6.07) is 20.1. The quantitative estimate of drug-likeness (QED) is 0.644. The molecule has 0 radical (unpaired) electrons. The number of ether oxygens (including phenoxy) is 1. The molecule has 0 bridgehead atoms. The minimum atomic E-state index is -1.80. The fourth-order valence-electron chi connectivity index (χ4n) is 4.38. The van der Waals surface area contributed by atoms with E-state index >= 15 is 0 Å². The lowest BCUT2D eigenvalue weighted by molar-refractivity contribution is -0.149. The van der Waals surface area contributed by atoms with Gasteiger partial charge in [0, 0.05) is 26.8 Å². The van der Waals surface area contributed by atoms with Gasteiger partial charge in [0.05, 0.1) is 13.2 Å². The third-order valence-corrected chi connectivity index (χ3v) is 6.14. The van der Waals surface area contributed by atoms with Crippen molar-refractivity contribution in [3.8, 4) is 5.75 Å². The van der Waals surface area contributed by atoms with Crippen molar-refractivity contribution in [1.82, 2.24) is 9.88 Å². The molecule has 6 nitrogen and oxygen atoms in total. The second-order valence-electron chi connectivity index (χ2n) is 8.30. The third kappa shape index (κ3) is 3.94. The van der Waals surface area contributed by atoms with Crippen LogP contribution in [-0.4, -0.2) is 48.6 Å². The molecule has 1 N–H and O–H groups in total. The lowest BCUT2D eigenvalue weighted by Gasteiger charge is -2.35. The number of hydrogen-bond acceptors (Lipinski definition) is 5. The number of likely N-dealkylation sites (tertiary alicyclic amines) is 1. The number of rotatable bonds is 6. The molecule has 1 aliphatic heterocycles. The Bertz CT molecular complexity index is 1070. The van der Waals surface area contributed by atoms with Gasteiger partial charge in [0.1, 0.15) is 11.6 Å². The normalized spacial score (nSPS) is 17.6. The first-order chi connectivity index (χ1) is 15.4. The van der Waals surface area contributed by atoms with Gasteiger partial charge in [-0.15, -0.1) is 0 Å². The second kappa shape index (κ2) is 9.01. The van der Waals surface area contributed by atoms with Gasteiger partial charge in [-0.2, -0.15) is 0 Å². The van der Waals surface area contributed by atoms with Gasteiger partial charge in [0.15, 0.2) is 5.60 Å². The van der Waals surface area contributed by atoms with Crippen LogP contribution in [0.4, 0.5) is 5.82 Å². The summed E-state index contributed by atoms with van der Waals surface area (Å²) in [5.74, 6) is 1.19. The predicted molar refractivity (Wildman–Crippen MR) is 125 cm³/mol. The number of nitrogens with zero attached hydrogens (tertiary/aromatic N) is 3. The van der Waals surface area contributed by atoms with E-state index in [4.69, 9.17) is 4.74 Å². The average molecular weight is 432 g/mol. The van der Waals surface area contributed by atoms with Crippen LogP contribution >= 0.6 is 0 Å². The minimum Gasteiger partial charge on any atom is -0.497 e. The van der Waals surface area contributed by atoms with Crippen LogP contribution in [0.3, 0.4) is 0 Å². The number of amides is 1. The minimum absolute atomic E-state index is 0.113. The van der Waals surface area contributed by atoms with Crippen molar-refractivity contribution < 1.29 is 14.6 Å². The highest BCUT2D eigenvalue weighted by Crippen LogP contribution is 2.39. The highest BCUT2D eigenvalue weighted by molar-refractivity contribution is 5.90. The standard InChI is InChI=1S/C26H29N3O3/c1-28(2)24-18-19(15-16-27-24)23-10-7-17-29(23)25(30)26(31,20-8-5-4-6-9-20)21-11-13-22(32-3)14-12-21/h4-6,8-9,11-16,18,23,31H,7,10,17H2,1-3H3. The molecule has 1 fully saturated rings. The van der Waals surface area contributed by atoms with Gasteiger partial charge in [-0.25, -0.2) is 4.98 Å². The molecule has 1 saturated heterocycles. The Morgan fingerprint density at radius 2 is 1.78 bits per heavy atom. The van der Waals surface area contributed by atoms with Crippen LogP contribution in [0.15, 0.2) is 72.9 Å². The topological polar surface area (TPSA) is 65.9 Å². The molecule has 1 aliphatic rings. The molecule has 1 amide bonds. The summed E-state index contributed by atoms with van der Waals surface area (Å²) < 4.78 is 5.27. The Morgan fingerprint density at radius 1 is 1.09 bits per heavy atom. The Morgan fingerprint density at radius 3 is 2.44 bits per heavy atom. The van der Waals surface area contributed by atoms with Crippen molar-refractivity contribution in [1.29, 1.82) is 0 Å². The van der Waals surface area contributed by atoms with Crippen LogP contribution in [0.2, 0.25) is 0 Å². The van der Waals surface area contributed by atoms with Crippen molar-refractivity contribution in [2.45, 2.75) is 24.5 Å². The van der Waals surface area contributed by atoms with Gasteiger partial charge in [-0.1, -0.05) is 42.5 Å². The maximum atomic E-state index is 14.0. The zero-order valence-corrected chi connectivity index (χ0v) is 18.7. The molecule has 2 unspecified atom stereocenters. The van der Waals surface area contributed by atoms with Crippen molar-refractivity contribution in [3.63, 3.8) is 0 Å². The van der Waals surface area contributed by atoms with E-state index in [1.54, 1.807) is 49.7 Å². The number of anilines is 1. The van der Waals surface area contributed by atoms with Gasteiger partial charge in [-0.05, 0) is 53.8 Å². The summed E-state index contributed by atoms with van der Waals surface area (Å²) in [6.07, 6.45) is 3.50. The van der Waals surface area contributed by atoms with E-state index < -0.39 is 5.60 Å². The average Bonchev–Trinajstić information content (AvgIpc) is 3.33. The van der Waals surface area contributed by atoms with E-state index in [1.807, 2.05) is 54.2 Å². The smallest absolute Gasteiger partial charge is 0.264 e. The lowest BCUT2D eigenvalue weighted by Crippen LogP contribution is -2.47. The Kier molecular flexibility index (Phi) is 6.15. The highest BCUT2D eigenvalue weighted by atomic mass is 16.5. The van der Waals surface area contributed by atoms with Crippen molar-refractivity contribution in [2.75, 3.05) is 32.6 Å². The molecule has 0 saturated carbocycles. The van der Waals surface area contributed by atoms with E-state index in [2.05, 4.69) is 4.98 Å². The summed E-state index contributed by atoms with van der Waals surface area (Å²) in [6.45, 7) is 0.592. The molecule has 4 rings (SSSR count). The van der Waals surface area contributed by atoms with E-state index in [-0.39, 0.29) is 11.9 Å². The first-order valence-electron chi connectivity index (χ1n) is 10.8. The maximum Gasteiger partial charge on any atom is 0.264 e. The summed E-state index contributed by atoms with van der Waals surface area (Å²) in [5, 5.41) is 12.0. The molecule has 2 atom stereocenters. The molecule has 32 heavy (non-hydrogen) atoms. The molecular formula is C26H29N3O3. The molecular weight excluding hydrogens is 402 g/mol. The summed E-state index contributed by atoms with van der Waals surface area (Å²) >= 11 is 0. The van der Waals surface area contributed by atoms with E-state index in [0.29, 0.717) is 23.4 Å². The van der Waals surface area contributed by atoms with Crippen LogP contribution < -0.4 is 9.64 Å². The number of carbonyl (C=O) groups excluding carboxylic acids is 1. The number of pyridine rings is 1. The van der Waals surface area contributed by atoms with Crippen molar-refractivity contribution in [3.05, 3.63) is 89.6 Å². The van der Waals surface area contributed by atoms with Crippen molar-refractivity contribution in [2.24, 2.45) is 0 Å². The number of aliphatic hydroxyl groups is 1. The molecule has 2 aromatic carbocycles. The first kappa shape index (κ1) is 21.8. The highest BCUT2D eigenvalue weighted by Gasteiger charge is 2.46. The number of carbonyl (C=O) groups is 1. The SMILES string of the molecule is COc1ccc(C(O)(C(=O)N2CCCC2c2ccnc(N(C)C)c2)c2ccccc2)cc1. The van der Waals surface area contributed by atoms with E-state index in [1.165, 1.54) is 0 Å². The molecule has 1 aromatic heterocycles. The zero-order valence-electron chi connectivity index (χ0n) is 18.7. The summed E-state index contributed by atoms with van der Waals surface area (Å²) in [4.78, 5) is 22.2. The molecule has 166 valence electrons. The number of methoxy groups -OCH3 is 1. The summed E-state index contributed by atoms with van der Waals surface area (Å²) in [7, 11) is 5.48. The van der Waals surface area contributed by atoms with Gasteiger partial charge in [-0.3, -0.25) is 4.79 Å². The monoisotopic (exact) mass is 431 g/mol. The van der Waals surface area contributed by atoms with Gasteiger partial charge in [0.25, 0.3) is 5.91 Å². The second-order valence-corrected chi connectivity index (χ2v) is 8.30. The van der Waals surface area contributed by atoms with Gasteiger partial charge >= 0.3 is 0 Å². The fraction of sp³-hybridized carbons (Fsp3) is 0.308. The number of aromatic nitrogens is 1. The van der Waals surface area contributed by atoms with Gasteiger partial charge < -0.3 is 19.6 Å². The Labute approximate surface area is 189 Å². The lowest BCUT2D eigenvalue weighted by atomic mass is 9.84. The van der Waals surface area contributed by atoms with Crippen LogP contribution in [-0.2, 0) is 10.4 Å². The number of benzene rings is 2. The van der Waals surface area contributed by atoms with Crippen molar-refractivity contribution >= 4 is 11.7 Å². The zero-order chi connectivity index (χ0) is 22.7. The molecule has 3 aromatic rings. The molecule has 6 heteroatoms. The maximum absolute atomic E-state index is 14.0. The van der Waals surface area contributed by atoms with E-state index in [0.717, 1.165) is 24.2 Å². The first-order valence-corrected chi connectivity index (χ1v) is 10.8. The van der Waals surface area contributed by atoms with Crippen LogP contribution in [0.1, 0.15) is 35.6 Å². The van der Waals surface area contributed by atoms with Crippen LogP contribution in [0.25, 0.3) is 0 Å². The van der Waals surface area contributed by atoms with E-state index in [9.17, 15) is 9.90 Å². The third-order valence-electron chi connectivity index (χ3n) is 6.14. The fourth-order valence-corrected chi connectivity index (χ4v) is 4.38. The van der Waals surface area contributed by atoms with Crippen LogP contribution in [0, 0.1) is 0 Å². The van der Waals surface area contributed by atoms with Crippen LogP contribution in [0.5, 0.6) is 5.75 Å². The van der Waals surface area contributed by atoms with Gasteiger partial charge in [0.2, 0.25) is 0 Å². The number of hydrogen-bond donors (Lipinski definition) is 1. The largest absolute Gasteiger partial charge is 0.497 e. The Balaban J connectivity index is 1.76. The molecule has 0 aliphatic carbocycles.